The van der Waals surface area contributed by atoms with E-state index in [0.29, 0.717) is 8.73 Å². The lowest BCUT2D eigenvalue weighted by atomic mass is 9.83. The summed E-state index contributed by atoms with van der Waals surface area (Å²) >= 11 is 3.11. The van der Waals surface area contributed by atoms with Crippen LogP contribution in [0.5, 0.6) is 0 Å². The van der Waals surface area contributed by atoms with Gasteiger partial charge in [-0.3, -0.25) is 9.59 Å². The molecule has 0 saturated carbocycles. The van der Waals surface area contributed by atoms with E-state index in [-0.39, 0.29) is 13.0 Å². The molecule has 0 saturated heterocycles. The number of rotatable bonds is 16. The normalized spacial score (nSPS) is 14.4. The van der Waals surface area contributed by atoms with Gasteiger partial charge in [0.15, 0.2) is 6.61 Å². The van der Waals surface area contributed by atoms with E-state index < -0.39 is 34.5 Å². The Hall–Kier alpha value is -1.22. The van der Waals surface area contributed by atoms with Crippen LogP contribution < -0.4 is 0 Å². The number of aromatic nitrogens is 3. The van der Waals surface area contributed by atoms with Crippen LogP contribution in [0.4, 0.5) is 13.2 Å². The molecule has 0 amide bonds. The molecule has 1 heterocycles. The van der Waals surface area contributed by atoms with Crippen LogP contribution in [0.1, 0.15) is 77.8 Å². The van der Waals surface area contributed by atoms with Crippen LogP contribution in [0.15, 0.2) is 6.20 Å². The molecule has 0 spiro atoms. The Bertz CT molecular complexity index is 773. The van der Waals surface area contributed by atoms with E-state index in [0.717, 1.165) is 57.1 Å². The van der Waals surface area contributed by atoms with Gasteiger partial charge < -0.3 is 9.47 Å². The summed E-state index contributed by atoms with van der Waals surface area (Å²) < 4.78 is 46.9. The summed E-state index contributed by atoms with van der Waals surface area (Å²) in [4.78, 5) is 24.4. The minimum absolute atomic E-state index is 0.0648. The molecule has 0 N–H and O–H groups in total. The number of hydrogen-bond acceptors (Lipinski definition) is 6. The Kier molecular flexibility index (Phi) is 13.0. The quantitative estimate of drug-likeness (QED) is 0.107. The third-order valence-electron chi connectivity index (χ3n) is 5.20. The molecule has 2 atom stereocenters. The van der Waals surface area contributed by atoms with Gasteiger partial charge in [-0.05, 0) is 53.1 Å². The minimum atomic E-state index is -4.61. The summed E-state index contributed by atoms with van der Waals surface area (Å²) in [6.45, 7) is 5.23. The molecule has 1 aromatic rings. The highest BCUT2D eigenvalue weighted by atomic mass is 79.9. The van der Waals surface area contributed by atoms with Crippen molar-refractivity contribution in [3.8, 4) is 0 Å². The van der Waals surface area contributed by atoms with Crippen LogP contribution in [0.3, 0.4) is 0 Å². The minimum Gasteiger partial charge on any atom is -0.465 e. The number of aryl methyl sites for hydroxylation is 1. The van der Waals surface area contributed by atoms with Gasteiger partial charge in [0.2, 0.25) is 0 Å². The monoisotopic (exact) mass is 573 g/mol. The van der Waals surface area contributed by atoms with Crippen LogP contribution in [-0.4, -0.2) is 57.1 Å². The second-order valence-electron chi connectivity index (χ2n) is 9.19. The third-order valence-corrected chi connectivity index (χ3v) is 6.48. The largest absolute Gasteiger partial charge is 0.465 e. The van der Waals surface area contributed by atoms with Crippen LogP contribution in [0.2, 0.25) is 0 Å². The van der Waals surface area contributed by atoms with E-state index in [1.165, 1.54) is 6.92 Å². The van der Waals surface area contributed by atoms with E-state index in [2.05, 4.69) is 37.6 Å². The topological polar surface area (TPSA) is 83.3 Å². The predicted octanol–water partition coefficient (Wildman–Crippen LogP) is 5.84. The van der Waals surface area contributed by atoms with E-state index in [4.69, 9.17) is 4.74 Å². The first-order chi connectivity index (χ1) is 15.8. The zero-order chi connectivity index (χ0) is 25.8. The SMILES string of the molecule is CPn1cc(CCCCCCCCCOC(=O)C(C)(C)CC(C)(Br)C(=O)OCC(F)(F)F)nn1. The standard InChI is InChI=1S/C22H36BrF3N3O4P/c1-20(2,15-21(3,23)19(31)33-16-22(24,25)26)18(30)32-13-11-9-7-5-6-8-10-12-17-14-29(34-4)28-27-17/h14,34H,5-13,15-16H2,1-4H3. The summed E-state index contributed by atoms with van der Waals surface area (Å²) in [5.74, 6) is -1.57. The third kappa shape index (κ3) is 12.5. The summed E-state index contributed by atoms with van der Waals surface area (Å²) in [5.41, 5.74) is -0.0316. The van der Waals surface area contributed by atoms with Crippen molar-refractivity contribution in [3.63, 3.8) is 0 Å². The van der Waals surface area contributed by atoms with Crippen molar-refractivity contribution < 1.29 is 32.2 Å². The molecule has 0 fully saturated rings. The van der Waals surface area contributed by atoms with E-state index in [9.17, 15) is 22.8 Å². The summed E-state index contributed by atoms with van der Waals surface area (Å²) in [7, 11) is 0.601. The Morgan fingerprint density at radius 3 is 2.15 bits per heavy atom. The fourth-order valence-electron chi connectivity index (χ4n) is 3.45. The fourth-order valence-corrected chi connectivity index (χ4v) is 4.67. The molecular weight excluding hydrogens is 538 g/mol. The van der Waals surface area contributed by atoms with E-state index in [1.54, 1.807) is 13.8 Å². The fraction of sp³-hybridized carbons (Fsp3) is 0.818. The van der Waals surface area contributed by atoms with E-state index >= 15 is 0 Å². The molecule has 0 aromatic carbocycles. The summed E-state index contributed by atoms with van der Waals surface area (Å²) in [6.07, 6.45) is 5.50. The molecule has 0 radical (unpaired) electrons. The van der Waals surface area contributed by atoms with Crippen molar-refractivity contribution in [2.75, 3.05) is 19.9 Å². The molecule has 0 aliphatic heterocycles. The van der Waals surface area contributed by atoms with Crippen LogP contribution in [0, 0.1) is 5.41 Å². The Morgan fingerprint density at radius 2 is 1.59 bits per heavy atom. The van der Waals surface area contributed by atoms with Gasteiger partial charge in [0.1, 0.15) is 4.32 Å². The first kappa shape index (κ1) is 30.8. The molecule has 2 unspecified atom stereocenters. The molecule has 0 bridgehead atoms. The van der Waals surface area contributed by atoms with Gasteiger partial charge >= 0.3 is 18.1 Å². The molecule has 12 heteroatoms. The van der Waals surface area contributed by atoms with Crippen molar-refractivity contribution in [2.45, 2.75) is 89.1 Å². The molecule has 1 rings (SSSR count). The van der Waals surface area contributed by atoms with Gasteiger partial charge in [-0.25, -0.2) is 4.45 Å². The zero-order valence-electron chi connectivity index (χ0n) is 20.3. The number of alkyl halides is 4. The smallest absolute Gasteiger partial charge is 0.422 e. The number of hydrogen-bond donors (Lipinski definition) is 0. The van der Waals surface area contributed by atoms with Gasteiger partial charge in [0.25, 0.3) is 0 Å². The average molecular weight is 574 g/mol. The molecule has 0 aliphatic rings. The second kappa shape index (κ2) is 14.4. The van der Waals surface area contributed by atoms with Gasteiger partial charge in [0, 0.05) is 8.73 Å². The number of carbonyl (C=O) groups is 2. The van der Waals surface area contributed by atoms with Crippen molar-refractivity contribution in [3.05, 3.63) is 11.9 Å². The molecular formula is C22H36BrF3N3O4P. The highest BCUT2D eigenvalue weighted by Gasteiger charge is 2.43. The van der Waals surface area contributed by atoms with Crippen LogP contribution >= 0.6 is 24.7 Å². The first-order valence-electron chi connectivity index (χ1n) is 11.5. The van der Waals surface area contributed by atoms with Gasteiger partial charge in [-0.2, -0.15) is 13.2 Å². The highest BCUT2D eigenvalue weighted by Crippen LogP contribution is 2.36. The summed E-state index contributed by atoms with van der Waals surface area (Å²) in [5, 5.41) is 8.19. The van der Waals surface area contributed by atoms with Crippen LogP contribution in [-0.2, 0) is 25.5 Å². The predicted molar refractivity (Wildman–Crippen MR) is 129 cm³/mol. The average Bonchev–Trinajstić information content (AvgIpc) is 3.19. The van der Waals surface area contributed by atoms with Gasteiger partial charge in [-0.15, -0.1) is 5.10 Å². The van der Waals surface area contributed by atoms with Gasteiger partial charge in [-0.1, -0.05) is 53.2 Å². The number of ether oxygens (including phenoxy) is 2. The Morgan fingerprint density at radius 1 is 1.00 bits per heavy atom. The zero-order valence-corrected chi connectivity index (χ0v) is 22.9. The lowest BCUT2D eigenvalue weighted by Gasteiger charge is -2.30. The van der Waals surface area contributed by atoms with Gasteiger partial charge in [0.05, 0.1) is 23.9 Å². The number of carbonyl (C=O) groups excluding carboxylic acids is 2. The lowest BCUT2D eigenvalue weighted by molar-refractivity contribution is -0.188. The Labute approximate surface area is 209 Å². The summed E-state index contributed by atoms with van der Waals surface area (Å²) in [6, 6.07) is 0. The molecule has 0 aliphatic carbocycles. The number of unbranched alkanes of at least 4 members (excludes halogenated alkanes) is 6. The van der Waals surface area contributed by atoms with Crippen molar-refractivity contribution in [2.24, 2.45) is 5.41 Å². The highest BCUT2D eigenvalue weighted by molar-refractivity contribution is 9.10. The molecule has 196 valence electrons. The van der Waals surface area contributed by atoms with Crippen molar-refractivity contribution >= 4 is 36.6 Å². The number of nitrogens with zero attached hydrogens (tertiary/aromatic N) is 3. The molecule has 34 heavy (non-hydrogen) atoms. The molecule has 7 nitrogen and oxygen atoms in total. The number of esters is 2. The Balaban J connectivity index is 2.16. The van der Waals surface area contributed by atoms with E-state index in [1.807, 2.05) is 10.6 Å². The van der Waals surface area contributed by atoms with Crippen LogP contribution in [0.25, 0.3) is 0 Å². The maximum Gasteiger partial charge on any atom is 0.422 e. The lowest BCUT2D eigenvalue weighted by Crippen LogP contribution is -2.40. The molecule has 1 aromatic heterocycles. The maximum absolute atomic E-state index is 12.4. The second-order valence-corrected chi connectivity index (χ2v) is 11.8. The van der Waals surface area contributed by atoms with Crippen molar-refractivity contribution in [1.82, 2.24) is 14.8 Å². The number of halogens is 4. The van der Waals surface area contributed by atoms with Crippen molar-refractivity contribution in [1.29, 1.82) is 0 Å². The maximum atomic E-state index is 12.4. The first-order valence-corrected chi connectivity index (χ1v) is 13.7.